The van der Waals surface area contributed by atoms with E-state index >= 15 is 0 Å². The number of guanidine groups is 1. The molecule has 0 radical (unpaired) electrons. The van der Waals surface area contributed by atoms with Gasteiger partial charge < -0.3 is 11.5 Å². The molecule has 19 heavy (non-hydrogen) atoms. The molecule has 1 rings (SSSR count). The summed E-state index contributed by atoms with van der Waals surface area (Å²) in [5.74, 6) is -1.86. The van der Waals surface area contributed by atoms with Gasteiger partial charge in [-0.3, -0.25) is 10.3 Å². The van der Waals surface area contributed by atoms with Crippen LogP contribution < -0.4 is 11.5 Å². The van der Waals surface area contributed by atoms with Crippen LogP contribution in [0.25, 0.3) is 0 Å². The molecule has 1 aromatic carbocycles. The largest absolute Gasteiger partial charge is 0.416 e. The third-order valence-corrected chi connectivity index (χ3v) is 2.18. The van der Waals surface area contributed by atoms with E-state index in [1.54, 1.807) is 0 Å². The van der Waals surface area contributed by atoms with Crippen molar-refractivity contribution in [1.29, 1.82) is 5.41 Å². The van der Waals surface area contributed by atoms with Crippen molar-refractivity contribution < 1.29 is 22.4 Å². The summed E-state index contributed by atoms with van der Waals surface area (Å²) in [5, 5.41) is 7.05. The standard InChI is InChI=1S/C10H10F4N4O/c11-7-2-5(1-6(3-7)10(12,13)14)4-18(8(15)16)9(17)19/h1-3H,4H2,(H3,15,16)(H2,17,19). The quantitative estimate of drug-likeness (QED) is 0.435. The van der Waals surface area contributed by atoms with Gasteiger partial charge in [0.05, 0.1) is 12.1 Å². The van der Waals surface area contributed by atoms with Crippen LogP contribution in [0.1, 0.15) is 11.1 Å². The first-order valence-electron chi connectivity index (χ1n) is 4.89. The summed E-state index contributed by atoms with van der Waals surface area (Å²) in [6, 6.07) is 0.660. The number of carbonyl (C=O) groups excluding carboxylic acids is 1. The highest BCUT2D eigenvalue weighted by molar-refractivity contribution is 5.92. The van der Waals surface area contributed by atoms with Crippen LogP contribution in [-0.2, 0) is 12.7 Å². The molecule has 0 unspecified atom stereocenters. The molecular formula is C10H10F4N4O. The fraction of sp³-hybridized carbons (Fsp3) is 0.200. The number of primary amides is 1. The van der Waals surface area contributed by atoms with Gasteiger partial charge in [-0.15, -0.1) is 0 Å². The van der Waals surface area contributed by atoms with Crippen molar-refractivity contribution in [2.24, 2.45) is 11.5 Å². The van der Waals surface area contributed by atoms with E-state index in [4.69, 9.17) is 16.9 Å². The van der Waals surface area contributed by atoms with Crippen LogP contribution in [0.5, 0.6) is 0 Å². The average Bonchev–Trinajstić information content (AvgIpc) is 2.23. The Labute approximate surface area is 105 Å². The Morgan fingerprint density at radius 2 is 1.84 bits per heavy atom. The summed E-state index contributed by atoms with van der Waals surface area (Å²) in [5.41, 5.74) is 8.56. The number of carbonyl (C=O) groups is 1. The lowest BCUT2D eigenvalue weighted by Crippen LogP contribution is -2.43. The van der Waals surface area contributed by atoms with Gasteiger partial charge in [-0.25, -0.2) is 9.18 Å². The van der Waals surface area contributed by atoms with Crippen molar-refractivity contribution in [3.05, 3.63) is 35.1 Å². The molecule has 0 saturated heterocycles. The number of halogens is 4. The van der Waals surface area contributed by atoms with Crippen LogP contribution in [-0.4, -0.2) is 16.9 Å². The maximum Gasteiger partial charge on any atom is 0.416 e. The molecule has 0 heterocycles. The Hall–Kier alpha value is -2.32. The minimum Gasteiger partial charge on any atom is -0.370 e. The molecule has 0 bridgehead atoms. The van der Waals surface area contributed by atoms with Gasteiger partial charge in [0.2, 0.25) is 0 Å². The summed E-state index contributed by atoms with van der Waals surface area (Å²) >= 11 is 0. The van der Waals surface area contributed by atoms with Crippen LogP contribution in [0.4, 0.5) is 22.4 Å². The Kier molecular flexibility index (Phi) is 3.98. The molecule has 0 aromatic heterocycles. The maximum absolute atomic E-state index is 13.1. The van der Waals surface area contributed by atoms with E-state index < -0.39 is 36.1 Å². The van der Waals surface area contributed by atoms with Crippen LogP contribution >= 0.6 is 0 Å². The zero-order chi connectivity index (χ0) is 14.8. The predicted octanol–water partition coefficient (Wildman–Crippen LogP) is 1.62. The first-order valence-corrected chi connectivity index (χ1v) is 4.89. The Morgan fingerprint density at radius 3 is 2.26 bits per heavy atom. The van der Waals surface area contributed by atoms with Crippen molar-refractivity contribution in [1.82, 2.24) is 4.90 Å². The fourth-order valence-electron chi connectivity index (χ4n) is 1.37. The molecule has 9 heteroatoms. The minimum absolute atomic E-state index is 0.179. The average molecular weight is 278 g/mol. The van der Waals surface area contributed by atoms with Gasteiger partial charge in [-0.1, -0.05) is 0 Å². The SMILES string of the molecule is N=C(N)N(Cc1cc(F)cc(C(F)(F)F)c1)C(N)=O. The first kappa shape index (κ1) is 14.7. The smallest absolute Gasteiger partial charge is 0.370 e. The normalized spacial score (nSPS) is 11.2. The number of nitrogens with zero attached hydrogens (tertiary/aromatic N) is 1. The third-order valence-electron chi connectivity index (χ3n) is 2.18. The molecule has 5 N–H and O–H groups in total. The van der Waals surface area contributed by atoms with E-state index in [2.05, 4.69) is 0 Å². The third kappa shape index (κ3) is 3.83. The molecule has 0 aliphatic carbocycles. The highest BCUT2D eigenvalue weighted by Crippen LogP contribution is 2.30. The highest BCUT2D eigenvalue weighted by Gasteiger charge is 2.31. The lowest BCUT2D eigenvalue weighted by atomic mass is 10.1. The topological polar surface area (TPSA) is 96.2 Å². The van der Waals surface area contributed by atoms with Crippen LogP contribution in [0.15, 0.2) is 18.2 Å². The number of benzene rings is 1. The van der Waals surface area contributed by atoms with Crippen molar-refractivity contribution in [3.63, 3.8) is 0 Å². The summed E-state index contributed by atoms with van der Waals surface area (Å²) in [4.78, 5) is 11.4. The number of nitrogens with one attached hydrogen (secondary N) is 1. The zero-order valence-electron chi connectivity index (χ0n) is 9.46. The lowest BCUT2D eigenvalue weighted by Gasteiger charge is -2.18. The first-order chi connectivity index (χ1) is 8.61. The zero-order valence-corrected chi connectivity index (χ0v) is 9.46. The van der Waals surface area contributed by atoms with Gasteiger partial charge in [0.25, 0.3) is 0 Å². The molecule has 1 aromatic rings. The summed E-state index contributed by atoms with van der Waals surface area (Å²) in [7, 11) is 0. The summed E-state index contributed by atoms with van der Waals surface area (Å²) < 4.78 is 50.5. The van der Waals surface area contributed by atoms with Gasteiger partial charge >= 0.3 is 12.2 Å². The van der Waals surface area contributed by atoms with Crippen LogP contribution in [0.3, 0.4) is 0 Å². The second-order valence-electron chi connectivity index (χ2n) is 3.66. The predicted molar refractivity (Wildman–Crippen MR) is 58.4 cm³/mol. The van der Waals surface area contributed by atoms with E-state index in [0.29, 0.717) is 17.0 Å². The lowest BCUT2D eigenvalue weighted by molar-refractivity contribution is -0.137. The number of nitrogens with two attached hydrogens (primary N) is 2. The van der Waals surface area contributed by atoms with Crippen molar-refractivity contribution in [3.8, 4) is 0 Å². The molecule has 0 saturated carbocycles. The van der Waals surface area contributed by atoms with Crippen LogP contribution in [0, 0.1) is 11.2 Å². The fourth-order valence-corrected chi connectivity index (χ4v) is 1.37. The van der Waals surface area contributed by atoms with Gasteiger partial charge in [0, 0.05) is 0 Å². The van der Waals surface area contributed by atoms with E-state index in [1.165, 1.54) is 0 Å². The molecule has 0 aliphatic heterocycles. The van der Waals surface area contributed by atoms with Gasteiger partial charge in [-0.2, -0.15) is 13.2 Å². The number of alkyl halides is 3. The molecule has 0 fully saturated rings. The number of hydrogen-bond acceptors (Lipinski definition) is 2. The van der Waals surface area contributed by atoms with E-state index in [1.807, 2.05) is 0 Å². The summed E-state index contributed by atoms with van der Waals surface area (Å²) in [6.07, 6.45) is -4.72. The number of urea groups is 1. The van der Waals surface area contributed by atoms with E-state index in [-0.39, 0.29) is 5.56 Å². The van der Waals surface area contributed by atoms with Crippen LogP contribution in [0.2, 0.25) is 0 Å². The number of rotatable bonds is 2. The monoisotopic (exact) mass is 278 g/mol. The van der Waals surface area contributed by atoms with Crippen molar-refractivity contribution in [2.45, 2.75) is 12.7 Å². The Bertz CT molecular complexity index is 501. The summed E-state index contributed by atoms with van der Waals surface area (Å²) in [6.45, 7) is -0.522. The molecule has 0 aliphatic rings. The van der Waals surface area contributed by atoms with Gasteiger partial charge in [0.15, 0.2) is 5.96 Å². The van der Waals surface area contributed by atoms with E-state index in [9.17, 15) is 22.4 Å². The number of hydrogen-bond donors (Lipinski definition) is 3. The molecule has 0 spiro atoms. The highest BCUT2D eigenvalue weighted by atomic mass is 19.4. The van der Waals surface area contributed by atoms with Crippen molar-refractivity contribution in [2.75, 3.05) is 0 Å². The Balaban J connectivity index is 3.11. The van der Waals surface area contributed by atoms with Crippen molar-refractivity contribution >= 4 is 12.0 Å². The number of amides is 2. The molecule has 104 valence electrons. The second-order valence-corrected chi connectivity index (χ2v) is 3.66. The molecule has 2 amide bonds. The van der Waals surface area contributed by atoms with E-state index in [0.717, 1.165) is 6.07 Å². The second kappa shape index (κ2) is 5.12. The van der Waals surface area contributed by atoms with Gasteiger partial charge in [0.1, 0.15) is 5.82 Å². The minimum atomic E-state index is -4.72. The molecule has 5 nitrogen and oxygen atoms in total. The Morgan fingerprint density at radius 1 is 1.26 bits per heavy atom. The molecular weight excluding hydrogens is 268 g/mol. The maximum atomic E-state index is 13.1. The van der Waals surface area contributed by atoms with Gasteiger partial charge in [-0.05, 0) is 23.8 Å². The molecule has 0 atom stereocenters.